The maximum atomic E-state index is 13.7. The molecule has 0 saturated heterocycles. The Labute approximate surface area is 153 Å². The van der Waals surface area contributed by atoms with Crippen LogP contribution in [-0.4, -0.2) is 17.9 Å². The highest BCUT2D eigenvalue weighted by atomic mass is 79.9. The van der Waals surface area contributed by atoms with Crippen LogP contribution in [0.3, 0.4) is 0 Å². The summed E-state index contributed by atoms with van der Waals surface area (Å²) in [5.74, 6) is 0.0275. The monoisotopic (exact) mass is 442 g/mol. The van der Waals surface area contributed by atoms with Crippen molar-refractivity contribution in [3.63, 3.8) is 0 Å². The van der Waals surface area contributed by atoms with Gasteiger partial charge in [0, 0.05) is 5.56 Å². The van der Waals surface area contributed by atoms with E-state index in [0.717, 1.165) is 24.3 Å². The van der Waals surface area contributed by atoms with E-state index in [2.05, 4.69) is 15.9 Å². The molecule has 2 rings (SSSR count). The van der Waals surface area contributed by atoms with Gasteiger partial charge in [0.15, 0.2) is 0 Å². The summed E-state index contributed by atoms with van der Waals surface area (Å²) < 4.78 is 85.4. The fourth-order valence-corrected chi connectivity index (χ4v) is 2.77. The van der Waals surface area contributed by atoms with E-state index >= 15 is 0 Å². The van der Waals surface area contributed by atoms with Crippen molar-refractivity contribution in [3.8, 4) is 5.75 Å². The molecule has 0 aliphatic rings. The van der Waals surface area contributed by atoms with Gasteiger partial charge in [0.2, 0.25) is 5.60 Å². The molecule has 26 heavy (non-hydrogen) atoms. The van der Waals surface area contributed by atoms with Gasteiger partial charge < -0.3 is 9.84 Å². The van der Waals surface area contributed by atoms with Gasteiger partial charge in [-0.05, 0) is 52.7 Å². The lowest BCUT2D eigenvalue weighted by Gasteiger charge is -2.32. The number of aliphatic hydroxyl groups is 1. The van der Waals surface area contributed by atoms with E-state index in [1.165, 1.54) is 6.07 Å². The molecule has 0 spiro atoms. The molecule has 0 saturated carbocycles. The minimum absolute atomic E-state index is 0.0275. The molecule has 9 heteroatoms. The summed E-state index contributed by atoms with van der Waals surface area (Å²) >= 11 is 3.11. The van der Waals surface area contributed by atoms with E-state index in [-0.39, 0.29) is 18.4 Å². The summed E-state index contributed by atoms with van der Waals surface area (Å²) in [4.78, 5) is 0. The van der Waals surface area contributed by atoms with E-state index in [1.54, 1.807) is 6.92 Å². The molecule has 0 bridgehead atoms. The van der Waals surface area contributed by atoms with Gasteiger partial charge in [-0.2, -0.15) is 26.3 Å². The highest BCUT2D eigenvalue weighted by molar-refractivity contribution is 9.10. The zero-order valence-electron chi connectivity index (χ0n) is 13.2. The molecule has 2 aromatic carbocycles. The van der Waals surface area contributed by atoms with Crippen LogP contribution in [0.15, 0.2) is 46.9 Å². The van der Waals surface area contributed by atoms with E-state index in [9.17, 15) is 31.4 Å². The molecule has 0 fully saturated rings. The van der Waals surface area contributed by atoms with Crippen LogP contribution < -0.4 is 4.74 Å². The molecule has 0 amide bonds. The SMILES string of the molecule is CCOc1cc(C(O)(c2cccc(C(F)(F)F)c2)C(F)(F)F)ccc1Br. The smallest absolute Gasteiger partial charge is 0.425 e. The molecule has 0 aromatic heterocycles. The Morgan fingerprint density at radius 2 is 1.50 bits per heavy atom. The van der Waals surface area contributed by atoms with Crippen molar-refractivity contribution in [1.29, 1.82) is 0 Å². The van der Waals surface area contributed by atoms with Gasteiger partial charge in [-0.15, -0.1) is 0 Å². The Hall–Kier alpha value is -1.74. The van der Waals surface area contributed by atoms with E-state index < -0.39 is 34.6 Å². The Kier molecular flexibility index (Phi) is 5.63. The van der Waals surface area contributed by atoms with Crippen LogP contribution in [0.25, 0.3) is 0 Å². The summed E-state index contributed by atoms with van der Waals surface area (Å²) in [5.41, 5.74) is -6.53. The third-order valence-electron chi connectivity index (χ3n) is 3.67. The average Bonchev–Trinajstić information content (AvgIpc) is 2.54. The molecule has 142 valence electrons. The van der Waals surface area contributed by atoms with Gasteiger partial charge in [-0.3, -0.25) is 0 Å². The number of hydrogen-bond donors (Lipinski definition) is 1. The first kappa shape index (κ1) is 20.6. The van der Waals surface area contributed by atoms with Crippen LogP contribution >= 0.6 is 15.9 Å². The maximum absolute atomic E-state index is 13.7. The molecule has 2 nitrogen and oxygen atoms in total. The van der Waals surface area contributed by atoms with Crippen LogP contribution in [0.4, 0.5) is 26.3 Å². The van der Waals surface area contributed by atoms with Crippen molar-refractivity contribution in [2.75, 3.05) is 6.61 Å². The maximum Gasteiger partial charge on any atom is 0.425 e. The van der Waals surface area contributed by atoms with E-state index in [4.69, 9.17) is 4.74 Å². The predicted octanol–water partition coefficient (Wildman–Crippen LogP) is 5.66. The van der Waals surface area contributed by atoms with Gasteiger partial charge in [0.05, 0.1) is 16.6 Å². The summed E-state index contributed by atoms with van der Waals surface area (Å²) in [5, 5.41) is 10.5. The van der Waals surface area contributed by atoms with Crippen molar-refractivity contribution >= 4 is 15.9 Å². The Morgan fingerprint density at radius 3 is 2.04 bits per heavy atom. The van der Waals surface area contributed by atoms with Crippen molar-refractivity contribution in [1.82, 2.24) is 0 Å². The molecular weight excluding hydrogens is 430 g/mol. The Balaban J connectivity index is 2.70. The van der Waals surface area contributed by atoms with Gasteiger partial charge in [-0.25, -0.2) is 0 Å². The predicted molar refractivity (Wildman–Crippen MR) is 85.8 cm³/mol. The minimum atomic E-state index is -5.27. The van der Waals surface area contributed by atoms with E-state index in [1.807, 2.05) is 0 Å². The number of hydrogen-bond acceptors (Lipinski definition) is 2. The third kappa shape index (κ3) is 3.83. The summed E-state index contributed by atoms with van der Waals surface area (Å²) in [6, 6.07) is 5.68. The van der Waals surface area contributed by atoms with E-state index in [0.29, 0.717) is 10.5 Å². The van der Waals surface area contributed by atoms with Gasteiger partial charge >= 0.3 is 12.4 Å². The molecule has 1 unspecified atom stereocenters. The first-order valence-electron chi connectivity index (χ1n) is 7.31. The zero-order chi connectivity index (χ0) is 19.8. The van der Waals surface area contributed by atoms with Crippen molar-refractivity contribution in [3.05, 3.63) is 63.6 Å². The van der Waals surface area contributed by atoms with Gasteiger partial charge in [0.25, 0.3) is 0 Å². The lowest BCUT2D eigenvalue weighted by atomic mass is 9.84. The summed E-state index contributed by atoms with van der Waals surface area (Å²) in [7, 11) is 0. The molecule has 0 heterocycles. The number of ether oxygens (including phenoxy) is 1. The summed E-state index contributed by atoms with van der Waals surface area (Å²) in [6.07, 6.45) is -10.1. The molecule has 1 N–H and O–H groups in total. The second-order valence-corrected chi connectivity index (χ2v) is 6.22. The van der Waals surface area contributed by atoms with Crippen molar-refractivity contribution in [2.45, 2.75) is 24.9 Å². The second-order valence-electron chi connectivity index (χ2n) is 5.36. The first-order valence-corrected chi connectivity index (χ1v) is 8.10. The zero-order valence-corrected chi connectivity index (χ0v) is 14.8. The van der Waals surface area contributed by atoms with Crippen LogP contribution in [-0.2, 0) is 11.8 Å². The minimum Gasteiger partial charge on any atom is -0.493 e. The van der Waals surface area contributed by atoms with Crippen LogP contribution in [0, 0.1) is 0 Å². The van der Waals surface area contributed by atoms with Crippen molar-refractivity contribution in [2.24, 2.45) is 0 Å². The topological polar surface area (TPSA) is 29.5 Å². The average molecular weight is 443 g/mol. The second kappa shape index (κ2) is 7.11. The Morgan fingerprint density at radius 1 is 0.923 bits per heavy atom. The summed E-state index contributed by atoms with van der Waals surface area (Å²) in [6.45, 7) is 1.76. The fourth-order valence-electron chi connectivity index (χ4n) is 2.41. The largest absolute Gasteiger partial charge is 0.493 e. The lowest BCUT2D eigenvalue weighted by Crippen LogP contribution is -2.43. The number of halogens is 7. The molecule has 0 radical (unpaired) electrons. The highest BCUT2D eigenvalue weighted by Gasteiger charge is 2.56. The van der Waals surface area contributed by atoms with Crippen LogP contribution in [0.5, 0.6) is 5.75 Å². The molecular formula is C17H13BrF6O2. The highest BCUT2D eigenvalue weighted by Crippen LogP contribution is 2.46. The fraction of sp³-hybridized carbons (Fsp3) is 0.294. The molecule has 0 aliphatic carbocycles. The molecule has 0 aliphatic heterocycles. The Bertz CT molecular complexity index is 788. The molecule has 1 atom stereocenters. The first-order chi connectivity index (χ1) is 11.9. The van der Waals surface area contributed by atoms with Gasteiger partial charge in [-0.1, -0.05) is 18.2 Å². The number of alkyl halides is 6. The van der Waals surface area contributed by atoms with Crippen LogP contribution in [0.2, 0.25) is 0 Å². The lowest BCUT2D eigenvalue weighted by molar-refractivity contribution is -0.248. The van der Waals surface area contributed by atoms with Gasteiger partial charge in [0.1, 0.15) is 5.75 Å². The van der Waals surface area contributed by atoms with Crippen LogP contribution in [0.1, 0.15) is 23.6 Å². The normalized spacial score (nSPS) is 14.8. The third-order valence-corrected chi connectivity index (χ3v) is 4.32. The number of benzene rings is 2. The van der Waals surface area contributed by atoms with Crippen molar-refractivity contribution < 1.29 is 36.2 Å². The number of rotatable bonds is 4. The quantitative estimate of drug-likeness (QED) is 0.618. The molecule has 2 aromatic rings. The standard InChI is InChI=1S/C17H13BrF6O2/c1-2-26-14-9-11(6-7-13(14)18)15(25,17(22,23)24)10-4-3-5-12(8-10)16(19,20)21/h3-9,25H,2H2,1H3.